The van der Waals surface area contributed by atoms with Crippen LogP contribution in [0.4, 0.5) is 0 Å². The molecule has 1 fully saturated rings. The third kappa shape index (κ3) is 3.79. The summed E-state index contributed by atoms with van der Waals surface area (Å²) >= 11 is 0. The Morgan fingerprint density at radius 3 is 3.12 bits per heavy atom. The highest BCUT2D eigenvalue weighted by atomic mass is 15.1. The summed E-state index contributed by atoms with van der Waals surface area (Å²) < 4.78 is 0. The molecule has 0 saturated carbocycles. The van der Waals surface area contributed by atoms with Crippen LogP contribution < -0.4 is 5.32 Å². The second-order valence-electron chi connectivity index (χ2n) is 5.11. The van der Waals surface area contributed by atoms with Gasteiger partial charge >= 0.3 is 0 Å². The summed E-state index contributed by atoms with van der Waals surface area (Å²) in [5, 5.41) is 3.67. The number of aromatic nitrogens is 1. The Kier molecular flexibility index (Phi) is 4.51. The Labute approximate surface area is 104 Å². The Morgan fingerprint density at radius 2 is 2.29 bits per heavy atom. The van der Waals surface area contributed by atoms with Crippen molar-refractivity contribution >= 4 is 0 Å². The first-order valence-electron chi connectivity index (χ1n) is 6.57. The van der Waals surface area contributed by atoms with E-state index < -0.39 is 0 Å². The maximum absolute atomic E-state index is 4.19. The van der Waals surface area contributed by atoms with Crippen molar-refractivity contribution in [1.82, 2.24) is 15.2 Å². The number of aryl methyl sites for hydroxylation is 1. The molecule has 3 nitrogen and oxygen atoms in total. The van der Waals surface area contributed by atoms with Crippen LogP contribution in [0.5, 0.6) is 0 Å². The summed E-state index contributed by atoms with van der Waals surface area (Å²) in [5.74, 6) is 0. The van der Waals surface area contributed by atoms with Crippen LogP contribution >= 0.6 is 0 Å². The van der Waals surface area contributed by atoms with E-state index in [1.165, 1.54) is 43.5 Å². The first kappa shape index (κ1) is 12.5. The molecule has 2 rings (SSSR count). The van der Waals surface area contributed by atoms with Gasteiger partial charge in [-0.2, -0.15) is 0 Å². The zero-order chi connectivity index (χ0) is 12.1. The molecule has 1 unspecified atom stereocenters. The molecule has 0 spiro atoms. The van der Waals surface area contributed by atoms with Crippen LogP contribution in [0.2, 0.25) is 0 Å². The largest absolute Gasteiger partial charge is 0.310 e. The zero-order valence-corrected chi connectivity index (χ0v) is 10.9. The van der Waals surface area contributed by atoms with E-state index in [0.29, 0.717) is 6.04 Å². The van der Waals surface area contributed by atoms with Crippen LogP contribution in [0, 0.1) is 6.92 Å². The van der Waals surface area contributed by atoms with E-state index in [-0.39, 0.29) is 0 Å². The minimum atomic E-state index is 0.666. The van der Waals surface area contributed by atoms with Gasteiger partial charge in [-0.3, -0.25) is 4.98 Å². The van der Waals surface area contributed by atoms with Crippen LogP contribution in [-0.2, 0) is 6.54 Å². The van der Waals surface area contributed by atoms with Crippen LogP contribution in [0.3, 0.4) is 0 Å². The molecule has 0 aromatic carbocycles. The zero-order valence-electron chi connectivity index (χ0n) is 10.9. The number of nitrogens with one attached hydrogen (secondary N) is 1. The van der Waals surface area contributed by atoms with Crippen molar-refractivity contribution in [3.05, 3.63) is 29.6 Å². The van der Waals surface area contributed by atoms with E-state index in [9.17, 15) is 0 Å². The predicted octanol–water partition coefficient (Wildman–Crippen LogP) is 1.96. The number of rotatable bonds is 3. The van der Waals surface area contributed by atoms with Crippen molar-refractivity contribution in [2.24, 2.45) is 0 Å². The lowest BCUT2D eigenvalue weighted by molar-refractivity contribution is 0.343. The standard InChI is InChI=1S/C14H23N3/c1-12-5-7-15-10-13(12)11-16-14-4-3-8-17(2)9-6-14/h5,7,10,14,16H,3-4,6,8-9,11H2,1-2H3. The van der Waals surface area contributed by atoms with Gasteiger partial charge < -0.3 is 10.2 Å². The Bertz CT molecular complexity index is 351. The van der Waals surface area contributed by atoms with Gasteiger partial charge in [-0.05, 0) is 63.5 Å². The fourth-order valence-corrected chi connectivity index (χ4v) is 2.38. The highest BCUT2D eigenvalue weighted by Gasteiger charge is 2.14. The smallest absolute Gasteiger partial charge is 0.0315 e. The maximum atomic E-state index is 4.19. The first-order valence-corrected chi connectivity index (χ1v) is 6.57. The first-order chi connectivity index (χ1) is 8.25. The van der Waals surface area contributed by atoms with Crippen LogP contribution in [0.15, 0.2) is 18.5 Å². The normalized spacial score (nSPS) is 22.4. The quantitative estimate of drug-likeness (QED) is 0.865. The van der Waals surface area contributed by atoms with Crippen molar-refractivity contribution in [2.45, 2.75) is 38.8 Å². The van der Waals surface area contributed by atoms with Gasteiger partial charge in [0, 0.05) is 25.0 Å². The summed E-state index contributed by atoms with van der Waals surface area (Å²) in [4.78, 5) is 6.62. The molecule has 94 valence electrons. The maximum Gasteiger partial charge on any atom is 0.0315 e. The van der Waals surface area contributed by atoms with E-state index >= 15 is 0 Å². The lowest BCUT2D eigenvalue weighted by Crippen LogP contribution is -2.30. The fourth-order valence-electron chi connectivity index (χ4n) is 2.38. The highest BCUT2D eigenvalue weighted by molar-refractivity contribution is 5.21. The minimum Gasteiger partial charge on any atom is -0.310 e. The molecule has 0 bridgehead atoms. The SMILES string of the molecule is Cc1ccncc1CNC1CCCN(C)CC1. The van der Waals surface area contributed by atoms with Crippen LogP contribution in [0.25, 0.3) is 0 Å². The monoisotopic (exact) mass is 233 g/mol. The van der Waals surface area contributed by atoms with Crippen LogP contribution in [-0.4, -0.2) is 36.1 Å². The summed E-state index contributed by atoms with van der Waals surface area (Å²) in [5.41, 5.74) is 2.66. The molecule has 1 aromatic rings. The predicted molar refractivity (Wildman–Crippen MR) is 70.9 cm³/mol. The molecule has 0 aliphatic carbocycles. The Hall–Kier alpha value is -0.930. The van der Waals surface area contributed by atoms with E-state index in [1.54, 1.807) is 0 Å². The fraction of sp³-hybridized carbons (Fsp3) is 0.643. The van der Waals surface area contributed by atoms with Crippen molar-refractivity contribution in [3.63, 3.8) is 0 Å². The lowest BCUT2D eigenvalue weighted by atomic mass is 10.1. The average Bonchev–Trinajstić information content (AvgIpc) is 2.53. The molecular weight excluding hydrogens is 210 g/mol. The van der Waals surface area contributed by atoms with Crippen molar-refractivity contribution in [2.75, 3.05) is 20.1 Å². The lowest BCUT2D eigenvalue weighted by Gasteiger charge is -2.17. The van der Waals surface area contributed by atoms with Gasteiger partial charge in [-0.1, -0.05) is 0 Å². The Balaban J connectivity index is 1.83. The second-order valence-corrected chi connectivity index (χ2v) is 5.11. The van der Waals surface area contributed by atoms with Gasteiger partial charge in [0.1, 0.15) is 0 Å². The molecule has 1 aliphatic rings. The van der Waals surface area contributed by atoms with Gasteiger partial charge in [0.2, 0.25) is 0 Å². The van der Waals surface area contributed by atoms with E-state index in [0.717, 1.165) is 6.54 Å². The number of likely N-dealkylation sites (tertiary alicyclic amines) is 1. The summed E-state index contributed by atoms with van der Waals surface area (Å²) in [7, 11) is 2.22. The van der Waals surface area contributed by atoms with E-state index in [1.807, 2.05) is 12.4 Å². The average molecular weight is 233 g/mol. The molecule has 3 heteroatoms. The number of nitrogens with zero attached hydrogens (tertiary/aromatic N) is 2. The van der Waals surface area contributed by atoms with Gasteiger partial charge in [0.05, 0.1) is 0 Å². The molecule has 2 heterocycles. The van der Waals surface area contributed by atoms with Crippen molar-refractivity contribution in [1.29, 1.82) is 0 Å². The number of hydrogen-bond acceptors (Lipinski definition) is 3. The van der Waals surface area contributed by atoms with Gasteiger partial charge in [0.15, 0.2) is 0 Å². The molecule has 0 radical (unpaired) electrons. The highest BCUT2D eigenvalue weighted by Crippen LogP contribution is 2.11. The van der Waals surface area contributed by atoms with Crippen LogP contribution in [0.1, 0.15) is 30.4 Å². The molecule has 1 atom stereocenters. The molecular formula is C14H23N3. The third-order valence-electron chi connectivity index (χ3n) is 3.68. The Morgan fingerprint density at radius 1 is 1.41 bits per heavy atom. The summed E-state index contributed by atoms with van der Waals surface area (Å²) in [6.45, 7) is 5.56. The molecule has 1 N–H and O–H groups in total. The minimum absolute atomic E-state index is 0.666. The number of hydrogen-bond donors (Lipinski definition) is 1. The van der Waals surface area contributed by atoms with Crippen molar-refractivity contribution < 1.29 is 0 Å². The summed E-state index contributed by atoms with van der Waals surface area (Å²) in [6.07, 6.45) is 7.70. The topological polar surface area (TPSA) is 28.2 Å². The molecule has 1 aromatic heterocycles. The van der Waals surface area contributed by atoms with Gasteiger partial charge in [-0.15, -0.1) is 0 Å². The van der Waals surface area contributed by atoms with Gasteiger partial charge in [-0.25, -0.2) is 0 Å². The molecule has 1 saturated heterocycles. The summed E-state index contributed by atoms with van der Waals surface area (Å²) in [6, 6.07) is 2.75. The van der Waals surface area contributed by atoms with E-state index in [4.69, 9.17) is 0 Å². The molecule has 0 amide bonds. The second kappa shape index (κ2) is 6.12. The van der Waals surface area contributed by atoms with Crippen molar-refractivity contribution in [3.8, 4) is 0 Å². The molecule has 1 aliphatic heterocycles. The van der Waals surface area contributed by atoms with Gasteiger partial charge in [0.25, 0.3) is 0 Å². The number of pyridine rings is 1. The molecule has 17 heavy (non-hydrogen) atoms. The van der Waals surface area contributed by atoms with E-state index in [2.05, 4.69) is 35.2 Å². The third-order valence-corrected chi connectivity index (χ3v) is 3.68.